The molecule has 6 N–H and O–H groups in total. The zero-order chi connectivity index (χ0) is 17.7. The Kier molecular flexibility index (Phi) is 17.1. The Morgan fingerprint density at radius 2 is 1.04 bits per heavy atom. The van der Waals surface area contributed by atoms with Crippen molar-refractivity contribution in [3.05, 3.63) is 32.6 Å². The van der Waals surface area contributed by atoms with Gasteiger partial charge in [0.25, 0.3) is 0 Å². The molecule has 0 aromatic carbocycles. The number of allylic oxidation sites excluding steroid dienone is 4. The van der Waals surface area contributed by atoms with Crippen LogP contribution in [0, 0.1) is 9.81 Å². The van der Waals surface area contributed by atoms with Crippen LogP contribution in [0.15, 0.2) is 43.3 Å². The molecule has 0 aromatic heterocycles. The number of amidine groups is 2. The molecule has 1 radical (unpaired) electrons. The van der Waals surface area contributed by atoms with Gasteiger partial charge < -0.3 is 36.7 Å². The summed E-state index contributed by atoms with van der Waals surface area (Å²) in [6.45, 7) is 6.42. The largest absolute Gasteiger partial charge is 2.00 e. The van der Waals surface area contributed by atoms with Gasteiger partial charge in [0.05, 0.1) is 11.4 Å². The third-order valence-corrected chi connectivity index (χ3v) is 2.21. The Balaban J connectivity index is -0.000000333. The SMILES string of the molecule is CC(N=O)=C(C)NN=C(N)[S-].CC(N=O)=C(C)NN=C(N)[S-].[Co+2]. The minimum Gasteiger partial charge on any atom is -0.741 e. The second kappa shape index (κ2) is 15.1. The molecule has 0 aliphatic heterocycles. The van der Waals surface area contributed by atoms with Crippen molar-refractivity contribution in [1.29, 1.82) is 0 Å². The molecule has 10 nitrogen and oxygen atoms in total. The molecule has 0 atom stereocenters. The number of hydrogen-bond donors (Lipinski definition) is 4. The van der Waals surface area contributed by atoms with E-state index in [0.29, 0.717) is 22.8 Å². The van der Waals surface area contributed by atoms with Gasteiger partial charge in [-0.3, -0.25) is 10.9 Å². The second-order valence-electron chi connectivity index (χ2n) is 3.73. The van der Waals surface area contributed by atoms with Crippen molar-refractivity contribution in [2.75, 3.05) is 0 Å². The Labute approximate surface area is 155 Å². The van der Waals surface area contributed by atoms with Crippen LogP contribution >= 0.6 is 0 Å². The van der Waals surface area contributed by atoms with Gasteiger partial charge in [0, 0.05) is 0 Å². The Bertz CT molecular complexity index is 465. The average molecular weight is 405 g/mol. The monoisotopic (exact) mass is 405 g/mol. The molecule has 13 heteroatoms. The van der Waals surface area contributed by atoms with Crippen LogP contribution in [0.25, 0.3) is 0 Å². The van der Waals surface area contributed by atoms with E-state index in [1.807, 2.05) is 0 Å². The molecule has 0 spiro atoms. The molecule has 0 aliphatic carbocycles. The first-order valence-corrected chi connectivity index (χ1v) is 6.51. The summed E-state index contributed by atoms with van der Waals surface area (Å²) < 4.78 is 0. The van der Waals surface area contributed by atoms with Gasteiger partial charge in [-0.15, -0.1) is 9.81 Å². The summed E-state index contributed by atoms with van der Waals surface area (Å²) in [5.74, 6) is 0. The summed E-state index contributed by atoms with van der Waals surface area (Å²) in [5.41, 5.74) is 16.8. The average Bonchev–Trinajstić information content (AvgIpc) is 2.48. The molecule has 131 valence electrons. The predicted octanol–water partition coefficient (Wildman–Crippen LogP) is 0.738. The smallest absolute Gasteiger partial charge is 0.741 e. The topological polar surface area (TPSA) is 160 Å². The van der Waals surface area contributed by atoms with Crippen molar-refractivity contribution in [3.8, 4) is 0 Å². The molecule has 0 fully saturated rings. The zero-order valence-corrected chi connectivity index (χ0v) is 15.6. The molecular formula is C10H18CoN8O2S2. The van der Waals surface area contributed by atoms with Crippen molar-refractivity contribution >= 4 is 35.6 Å². The van der Waals surface area contributed by atoms with Gasteiger partial charge in [-0.05, 0) is 48.4 Å². The van der Waals surface area contributed by atoms with E-state index in [-0.39, 0.29) is 27.1 Å². The standard InChI is InChI=1S/2C5H10N4OS.Co/c2*1-3(4(2)9-10)7-8-5(6)11;/h2*7H,1-2H3,(H3,6,8,11);/q;;+2/p-2. The first kappa shape index (κ1) is 26.1. The van der Waals surface area contributed by atoms with Crippen LogP contribution in [0.4, 0.5) is 0 Å². The Morgan fingerprint density at radius 1 is 0.783 bits per heavy atom. The number of nitrogens with zero attached hydrogens (tertiary/aromatic N) is 4. The molecule has 0 heterocycles. The van der Waals surface area contributed by atoms with Gasteiger partial charge in [0.1, 0.15) is 11.4 Å². The summed E-state index contributed by atoms with van der Waals surface area (Å²) in [5, 5.41) is 12.3. The number of nitrogens with two attached hydrogens (primary N) is 2. The third kappa shape index (κ3) is 16.4. The summed E-state index contributed by atoms with van der Waals surface area (Å²) in [4.78, 5) is 19.9. The summed E-state index contributed by atoms with van der Waals surface area (Å²) in [6.07, 6.45) is 0. The second-order valence-corrected chi connectivity index (χ2v) is 4.56. The van der Waals surface area contributed by atoms with Crippen LogP contribution in [0.5, 0.6) is 0 Å². The molecule has 0 amide bonds. The van der Waals surface area contributed by atoms with Crippen LogP contribution in [-0.2, 0) is 42.0 Å². The van der Waals surface area contributed by atoms with Gasteiger partial charge in [-0.2, -0.15) is 10.2 Å². The van der Waals surface area contributed by atoms with E-state index in [0.717, 1.165) is 0 Å². The van der Waals surface area contributed by atoms with Crippen molar-refractivity contribution < 1.29 is 16.8 Å². The molecule has 0 saturated heterocycles. The van der Waals surface area contributed by atoms with E-state index >= 15 is 0 Å². The normalized spacial score (nSPS) is 13.2. The molecule has 0 aliphatic rings. The van der Waals surface area contributed by atoms with E-state index in [1.54, 1.807) is 27.7 Å². The predicted molar refractivity (Wildman–Crippen MR) is 92.6 cm³/mol. The molecule has 0 bridgehead atoms. The van der Waals surface area contributed by atoms with Crippen molar-refractivity contribution in [1.82, 2.24) is 10.9 Å². The molecule has 0 unspecified atom stereocenters. The van der Waals surface area contributed by atoms with Gasteiger partial charge in [-0.25, -0.2) is 0 Å². The number of nitroso groups, excluding NO2 is 2. The van der Waals surface area contributed by atoms with E-state index in [1.165, 1.54) is 0 Å². The van der Waals surface area contributed by atoms with Crippen LogP contribution in [-0.4, -0.2) is 10.3 Å². The van der Waals surface area contributed by atoms with Crippen LogP contribution in [0.1, 0.15) is 27.7 Å². The van der Waals surface area contributed by atoms with E-state index in [4.69, 9.17) is 11.5 Å². The Hall–Kier alpha value is -1.83. The van der Waals surface area contributed by atoms with E-state index in [9.17, 15) is 9.81 Å². The summed E-state index contributed by atoms with van der Waals surface area (Å²) >= 11 is 8.91. The third-order valence-electron chi connectivity index (χ3n) is 2.03. The quantitative estimate of drug-likeness (QED) is 0.165. The number of hydrazone groups is 2. The van der Waals surface area contributed by atoms with Crippen molar-refractivity contribution in [3.63, 3.8) is 0 Å². The van der Waals surface area contributed by atoms with Gasteiger partial charge in [-0.1, -0.05) is 0 Å². The molecule has 0 saturated carbocycles. The number of hydrogen-bond acceptors (Lipinski definition) is 10. The first-order chi connectivity index (χ1) is 10.1. The summed E-state index contributed by atoms with van der Waals surface area (Å²) in [7, 11) is 0. The Morgan fingerprint density at radius 3 is 1.22 bits per heavy atom. The first-order valence-electron chi connectivity index (χ1n) is 5.69. The van der Waals surface area contributed by atoms with Crippen LogP contribution in [0.3, 0.4) is 0 Å². The van der Waals surface area contributed by atoms with Gasteiger partial charge in [0.15, 0.2) is 0 Å². The van der Waals surface area contributed by atoms with Crippen LogP contribution in [0.2, 0.25) is 0 Å². The number of rotatable bonds is 6. The fraction of sp³-hybridized carbons (Fsp3) is 0.400. The maximum Gasteiger partial charge on any atom is 2.00 e. The zero-order valence-electron chi connectivity index (χ0n) is 12.9. The molecule has 23 heavy (non-hydrogen) atoms. The number of nitrogens with one attached hydrogen (secondary N) is 2. The molecule has 0 aromatic rings. The maximum absolute atomic E-state index is 9.94. The van der Waals surface area contributed by atoms with Crippen LogP contribution < -0.4 is 22.3 Å². The minimum absolute atomic E-state index is 0. The van der Waals surface area contributed by atoms with E-state index in [2.05, 4.69) is 56.7 Å². The molecular weight excluding hydrogens is 387 g/mol. The van der Waals surface area contributed by atoms with E-state index < -0.39 is 0 Å². The van der Waals surface area contributed by atoms with Crippen molar-refractivity contribution in [2.24, 2.45) is 32.0 Å². The van der Waals surface area contributed by atoms with Gasteiger partial charge >= 0.3 is 16.8 Å². The minimum atomic E-state index is -0.0111. The van der Waals surface area contributed by atoms with Gasteiger partial charge in [0.2, 0.25) is 0 Å². The van der Waals surface area contributed by atoms with Crippen molar-refractivity contribution in [2.45, 2.75) is 27.7 Å². The maximum atomic E-state index is 9.94. The molecule has 0 rings (SSSR count). The fourth-order valence-electron chi connectivity index (χ4n) is 0.577. The fourth-order valence-corrected chi connectivity index (χ4v) is 0.668. The summed E-state index contributed by atoms with van der Waals surface area (Å²) in [6, 6.07) is 0.